The summed E-state index contributed by atoms with van der Waals surface area (Å²) in [6.07, 6.45) is 5.29. The van der Waals surface area contributed by atoms with E-state index < -0.39 is 0 Å². The van der Waals surface area contributed by atoms with E-state index >= 15 is 0 Å². The van der Waals surface area contributed by atoms with E-state index in [0.29, 0.717) is 6.04 Å². The summed E-state index contributed by atoms with van der Waals surface area (Å²) in [5.74, 6) is 0. The third kappa shape index (κ3) is 4.82. The van der Waals surface area contributed by atoms with Crippen LogP contribution in [0.3, 0.4) is 0 Å². The summed E-state index contributed by atoms with van der Waals surface area (Å²) >= 11 is 0. The number of rotatable bonds is 6. The second-order valence-corrected chi connectivity index (χ2v) is 7.67. The second-order valence-electron chi connectivity index (χ2n) is 7.67. The van der Waals surface area contributed by atoms with E-state index in [9.17, 15) is 0 Å². The summed E-state index contributed by atoms with van der Waals surface area (Å²) in [6.45, 7) is 13.8. The Morgan fingerprint density at radius 3 is 2.23 bits per heavy atom. The summed E-state index contributed by atoms with van der Waals surface area (Å²) < 4.78 is 0. The smallest absolute Gasteiger partial charge is 0.0349 e. The Morgan fingerprint density at radius 1 is 1.05 bits per heavy atom. The first-order valence-corrected chi connectivity index (χ1v) is 9.07. The van der Waals surface area contributed by atoms with Crippen LogP contribution in [0.5, 0.6) is 0 Å². The van der Waals surface area contributed by atoms with Crippen molar-refractivity contribution < 1.29 is 0 Å². The first-order chi connectivity index (χ1) is 10.5. The van der Waals surface area contributed by atoms with E-state index in [1.54, 1.807) is 0 Å². The predicted octanol–water partition coefficient (Wildman–Crippen LogP) is 4.51. The fourth-order valence-electron chi connectivity index (χ4n) is 3.35. The summed E-state index contributed by atoms with van der Waals surface area (Å²) in [5.41, 5.74) is 3.18. The molecule has 2 heteroatoms. The van der Waals surface area contributed by atoms with E-state index in [2.05, 4.69) is 62.2 Å². The normalized spacial score (nSPS) is 18.4. The third-order valence-corrected chi connectivity index (χ3v) is 4.83. The van der Waals surface area contributed by atoms with Crippen molar-refractivity contribution >= 4 is 0 Å². The van der Waals surface area contributed by atoms with Crippen LogP contribution in [-0.2, 0) is 5.41 Å². The Labute approximate surface area is 137 Å². The van der Waals surface area contributed by atoms with E-state index in [1.807, 2.05) is 0 Å². The number of nitrogens with one attached hydrogen (secondary N) is 1. The van der Waals surface area contributed by atoms with Crippen LogP contribution < -0.4 is 5.32 Å². The molecule has 2 rings (SSSR count). The van der Waals surface area contributed by atoms with Crippen molar-refractivity contribution in [2.24, 2.45) is 0 Å². The van der Waals surface area contributed by atoms with Crippen molar-refractivity contribution in [3.05, 3.63) is 35.4 Å². The highest BCUT2D eigenvalue weighted by Gasteiger charge is 2.22. The summed E-state index contributed by atoms with van der Waals surface area (Å²) in [6, 6.07) is 10.0. The fraction of sp³-hybridized carbons (Fsp3) is 0.700. The minimum Gasteiger partial charge on any atom is -0.314 e. The monoisotopic (exact) mass is 302 g/mol. The van der Waals surface area contributed by atoms with Gasteiger partial charge < -0.3 is 5.32 Å². The molecule has 1 aromatic carbocycles. The number of hydrogen-bond acceptors (Lipinski definition) is 2. The van der Waals surface area contributed by atoms with Crippen LogP contribution in [-0.4, -0.2) is 31.1 Å². The van der Waals surface area contributed by atoms with Crippen LogP contribution in [0.15, 0.2) is 24.3 Å². The van der Waals surface area contributed by atoms with Crippen molar-refractivity contribution in [2.45, 2.75) is 64.8 Å². The SMILES string of the molecule is CCCCC[C@@H](c1ccc(C(C)(C)C)cc1)N1CCNCC1. The Morgan fingerprint density at radius 2 is 1.68 bits per heavy atom. The molecule has 2 nitrogen and oxygen atoms in total. The molecule has 1 atom stereocenters. The van der Waals surface area contributed by atoms with Crippen molar-refractivity contribution in [3.8, 4) is 0 Å². The first-order valence-electron chi connectivity index (χ1n) is 9.07. The van der Waals surface area contributed by atoms with Gasteiger partial charge in [-0.1, -0.05) is 71.2 Å². The Balaban J connectivity index is 2.12. The highest BCUT2D eigenvalue weighted by molar-refractivity contribution is 5.29. The van der Waals surface area contributed by atoms with Gasteiger partial charge in [0.2, 0.25) is 0 Å². The predicted molar refractivity (Wildman–Crippen MR) is 96.5 cm³/mol. The van der Waals surface area contributed by atoms with Gasteiger partial charge in [-0.05, 0) is 23.0 Å². The Hall–Kier alpha value is -0.860. The van der Waals surface area contributed by atoms with E-state index in [0.717, 1.165) is 13.1 Å². The standard InChI is InChI=1S/C20H34N2/c1-5-6-7-8-19(22-15-13-21-14-16-22)17-9-11-18(12-10-17)20(2,3)4/h9-12,19,21H,5-8,13-16H2,1-4H3/t19-/m0/s1. The lowest BCUT2D eigenvalue weighted by atomic mass is 9.85. The van der Waals surface area contributed by atoms with Gasteiger partial charge in [0.05, 0.1) is 0 Å². The topological polar surface area (TPSA) is 15.3 Å². The highest BCUT2D eigenvalue weighted by Crippen LogP contribution is 2.29. The van der Waals surface area contributed by atoms with Crippen LogP contribution in [0.2, 0.25) is 0 Å². The average molecular weight is 303 g/mol. The lowest BCUT2D eigenvalue weighted by molar-refractivity contribution is 0.162. The zero-order chi connectivity index (χ0) is 16.0. The minimum absolute atomic E-state index is 0.241. The van der Waals surface area contributed by atoms with E-state index in [1.165, 1.54) is 49.9 Å². The van der Waals surface area contributed by atoms with Gasteiger partial charge in [-0.3, -0.25) is 4.90 Å². The van der Waals surface area contributed by atoms with Gasteiger partial charge >= 0.3 is 0 Å². The molecule has 1 N–H and O–H groups in total. The fourth-order valence-corrected chi connectivity index (χ4v) is 3.35. The molecule has 0 aromatic heterocycles. The summed E-state index contributed by atoms with van der Waals surface area (Å²) in [7, 11) is 0. The molecular weight excluding hydrogens is 268 g/mol. The molecule has 0 spiro atoms. The number of unbranched alkanes of at least 4 members (excludes halogenated alkanes) is 2. The molecule has 1 aliphatic rings. The van der Waals surface area contributed by atoms with Gasteiger partial charge in [0.15, 0.2) is 0 Å². The van der Waals surface area contributed by atoms with E-state index in [-0.39, 0.29) is 5.41 Å². The lowest BCUT2D eigenvalue weighted by Crippen LogP contribution is -2.45. The molecule has 0 amide bonds. The zero-order valence-electron chi connectivity index (χ0n) is 15.0. The van der Waals surface area contributed by atoms with Gasteiger partial charge in [0.1, 0.15) is 0 Å². The Bertz CT molecular complexity index is 424. The molecule has 1 aromatic rings. The van der Waals surface area contributed by atoms with Gasteiger partial charge in [0, 0.05) is 32.2 Å². The maximum absolute atomic E-state index is 3.48. The lowest BCUT2D eigenvalue weighted by Gasteiger charge is -2.35. The average Bonchev–Trinajstić information content (AvgIpc) is 2.52. The van der Waals surface area contributed by atoms with Crippen LogP contribution in [0.4, 0.5) is 0 Å². The third-order valence-electron chi connectivity index (χ3n) is 4.83. The van der Waals surface area contributed by atoms with Crippen LogP contribution >= 0.6 is 0 Å². The summed E-state index contributed by atoms with van der Waals surface area (Å²) in [5, 5.41) is 3.48. The molecule has 1 aliphatic heterocycles. The van der Waals surface area contributed by atoms with Gasteiger partial charge in [-0.2, -0.15) is 0 Å². The van der Waals surface area contributed by atoms with Gasteiger partial charge in [0.25, 0.3) is 0 Å². The summed E-state index contributed by atoms with van der Waals surface area (Å²) in [4.78, 5) is 2.68. The van der Waals surface area contributed by atoms with Crippen molar-refractivity contribution in [1.29, 1.82) is 0 Å². The van der Waals surface area contributed by atoms with Gasteiger partial charge in [-0.25, -0.2) is 0 Å². The minimum atomic E-state index is 0.241. The molecule has 124 valence electrons. The molecule has 0 unspecified atom stereocenters. The number of hydrogen-bond donors (Lipinski definition) is 1. The maximum Gasteiger partial charge on any atom is 0.0349 e. The van der Waals surface area contributed by atoms with Crippen molar-refractivity contribution in [2.75, 3.05) is 26.2 Å². The molecule has 0 radical (unpaired) electrons. The second kappa shape index (κ2) is 8.12. The molecule has 0 bridgehead atoms. The maximum atomic E-state index is 3.48. The molecule has 1 saturated heterocycles. The Kier molecular flexibility index (Phi) is 6.46. The molecule has 0 saturated carbocycles. The quantitative estimate of drug-likeness (QED) is 0.778. The van der Waals surface area contributed by atoms with E-state index in [4.69, 9.17) is 0 Å². The van der Waals surface area contributed by atoms with Crippen molar-refractivity contribution in [3.63, 3.8) is 0 Å². The number of nitrogens with zero attached hydrogens (tertiary/aromatic N) is 1. The molecule has 22 heavy (non-hydrogen) atoms. The zero-order valence-corrected chi connectivity index (χ0v) is 15.0. The van der Waals surface area contributed by atoms with Gasteiger partial charge in [-0.15, -0.1) is 0 Å². The largest absolute Gasteiger partial charge is 0.314 e. The molecular formula is C20H34N2. The van der Waals surface area contributed by atoms with Crippen LogP contribution in [0.1, 0.15) is 70.5 Å². The van der Waals surface area contributed by atoms with Crippen molar-refractivity contribution in [1.82, 2.24) is 10.2 Å². The first kappa shape index (κ1) is 17.5. The molecule has 1 heterocycles. The number of piperazine rings is 1. The van der Waals surface area contributed by atoms with Crippen LogP contribution in [0.25, 0.3) is 0 Å². The molecule has 1 fully saturated rings. The number of benzene rings is 1. The van der Waals surface area contributed by atoms with Crippen LogP contribution in [0, 0.1) is 0 Å². The highest BCUT2D eigenvalue weighted by atomic mass is 15.2. The molecule has 0 aliphatic carbocycles.